The standard InChI is InChI=1S/C12H16BrClN2.2ClH/c1-9(16-6-4-15-5-7-16)10-2-3-12(14)11(13)8-10;;/h2-3,8-9,15H,4-7H2,1H3;2*1H/t9-;;/m1../s1. The number of halogens is 4. The summed E-state index contributed by atoms with van der Waals surface area (Å²) in [6, 6.07) is 6.64. The average Bonchev–Trinajstić information content (AvgIpc) is 2.33. The van der Waals surface area contributed by atoms with Crippen LogP contribution in [0.15, 0.2) is 22.7 Å². The Balaban J connectivity index is 0.00000144. The summed E-state index contributed by atoms with van der Waals surface area (Å²) in [5.41, 5.74) is 1.32. The molecule has 0 unspecified atom stereocenters. The summed E-state index contributed by atoms with van der Waals surface area (Å²) < 4.78 is 0.980. The van der Waals surface area contributed by atoms with Gasteiger partial charge in [-0.2, -0.15) is 0 Å². The highest BCUT2D eigenvalue weighted by molar-refractivity contribution is 9.10. The number of hydrogen-bond donors (Lipinski definition) is 1. The van der Waals surface area contributed by atoms with Crippen LogP contribution in [0.25, 0.3) is 0 Å². The van der Waals surface area contributed by atoms with Gasteiger partial charge in [-0.1, -0.05) is 17.7 Å². The minimum atomic E-state index is 0. The molecule has 6 heteroatoms. The molecule has 1 saturated heterocycles. The lowest BCUT2D eigenvalue weighted by atomic mass is 10.1. The van der Waals surface area contributed by atoms with Gasteiger partial charge in [0.05, 0.1) is 5.02 Å². The second-order valence-corrected chi connectivity index (χ2v) is 5.40. The van der Waals surface area contributed by atoms with Crippen LogP contribution in [-0.2, 0) is 0 Å². The Hall–Kier alpha value is 0.490. The van der Waals surface area contributed by atoms with E-state index in [1.54, 1.807) is 0 Å². The highest BCUT2D eigenvalue weighted by Crippen LogP contribution is 2.28. The molecule has 1 heterocycles. The number of piperazine rings is 1. The van der Waals surface area contributed by atoms with Crippen LogP contribution >= 0.6 is 52.3 Å². The van der Waals surface area contributed by atoms with Gasteiger partial charge in [0, 0.05) is 36.7 Å². The molecule has 2 nitrogen and oxygen atoms in total. The summed E-state index contributed by atoms with van der Waals surface area (Å²) in [7, 11) is 0. The minimum absolute atomic E-state index is 0. The van der Waals surface area contributed by atoms with Gasteiger partial charge in [-0.15, -0.1) is 24.8 Å². The monoisotopic (exact) mass is 374 g/mol. The van der Waals surface area contributed by atoms with Gasteiger partial charge in [-0.25, -0.2) is 0 Å². The van der Waals surface area contributed by atoms with Crippen LogP contribution in [0.3, 0.4) is 0 Å². The third kappa shape index (κ3) is 4.55. The number of nitrogens with zero attached hydrogens (tertiary/aromatic N) is 1. The van der Waals surface area contributed by atoms with Gasteiger partial charge in [0.2, 0.25) is 0 Å². The molecule has 1 aliphatic rings. The summed E-state index contributed by atoms with van der Waals surface area (Å²) in [6.07, 6.45) is 0. The second kappa shape index (κ2) is 8.62. The fourth-order valence-corrected chi connectivity index (χ4v) is 2.57. The van der Waals surface area contributed by atoms with E-state index in [4.69, 9.17) is 11.6 Å². The Morgan fingerprint density at radius 3 is 2.44 bits per heavy atom. The van der Waals surface area contributed by atoms with Gasteiger partial charge in [0.25, 0.3) is 0 Å². The molecule has 0 aliphatic carbocycles. The first-order valence-corrected chi connectivity index (χ1v) is 6.75. The zero-order valence-electron chi connectivity index (χ0n) is 10.2. The van der Waals surface area contributed by atoms with Gasteiger partial charge in [-0.05, 0) is 40.5 Å². The fourth-order valence-electron chi connectivity index (χ4n) is 2.05. The van der Waals surface area contributed by atoms with E-state index in [9.17, 15) is 0 Å². The predicted molar refractivity (Wildman–Crippen MR) is 86.5 cm³/mol. The third-order valence-corrected chi connectivity index (χ3v) is 4.34. The van der Waals surface area contributed by atoms with E-state index in [1.165, 1.54) is 5.56 Å². The Kier molecular flexibility index (Phi) is 8.85. The van der Waals surface area contributed by atoms with Gasteiger partial charge in [0.15, 0.2) is 0 Å². The number of nitrogens with one attached hydrogen (secondary N) is 1. The van der Waals surface area contributed by atoms with E-state index in [1.807, 2.05) is 6.07 Å². The molecule has 1 aliphatic heterocycles. The molecule has 2 rings (SSSR count). The maximum absolute atomic E-state index is 6.00. The van der Waals surface area contributed by atoms with Crippen LogP contribution in [-0.4, -0.2) is 31.1 Å². The van der Waals surface area contributed by atoms with Gasteiger partial charge < -0.3 is 5.32 Å². The number of hydrogen-bond acceptors (Lipinski definition) is 2. The summed E-state index contributed by atoms with van der Waals surface area (Å²) in [5, 5.41) is 4.14. The lowest BCUT2D eigenvalue weighted by molar-refractivity contribution is 0.185. The summed E-state index contributed by atoms with van der Waals surface area (Å²) in [4.78, 5) is 2.49. The summed E-state index contributed by atoms with van der Waals surface area (Å²) in [5.74, 6) is 0. The Morgan fingerprint density at radius 1 is 1.28 bits per heavy atom. The lowest BCUT2D eigenvalue weighted by Gasteiger charge is -2.33. The summed E-state index contributed by atoms with van der Waals surface area (Å²) >= 11 is 9.48. The van der Waals surface area contributed by atoms with Crippen molar-refractivity contribution >= 4 is 52.3 Å². The van der Waals surface area contributed by atoms with E-state index in [2.05, 4.69) is 45.2 Å². The molecule has 0 spiro atoms. The van der Waals surface area contributed by atoms with Crippen molar-refractivity contribution in [2.24, 2.45) is 0 Å². The molecule has 0 bridgehead atoms. The van der Waals surface area contributed by atoms with Crippen LogP contribution in [0, 0.1) is 0 Å². The molecule has 0 amide bonds. The molecule has 1 aromatic carbocycles. The van der Waals surface area contributed by atoms with Crippen molar-refractivity contribution in [3.8, 4) is 0 Å². The zero-order chi connectivity index (χ0) is 11.5. The molecule has 18 heavy (non-hydrogen) atoms. The topological polar surface area (TPSA) is 15.3 Å². The van der Waals surface area contributed by atoms with E-state index >= 15 is 0 Å². The van der Waals surface area contributed by atoms with E-state index < -0.39 is 0 Å². The minimum Gasteiger partial charge on any atom is -0.314 e. The Bertz CT molecular complexity index is 370. The van der Waals surface area contributed by atoms with Gasteiger partial charge in [0.1, 0.15) is 0 Å². The SMILES string of the molecule is C[C@H](c1ccc(Cl)c(Br)c1)N1CCNCC1.Cl.Cl. The highest BCUT2D eigenvalue weighted by Gasteiger charge is 2.18. The largest absolute Gasteiger partial charge is 0.314 e. The van der Waals surface area contributed by atoms with Crippen LogP contribution in [0.4, 0.5) is 0 Å². The second-order valence-electron chi connectivity index (χ2n) is 4.14. The van der Waals surface area contributed by atoms with Crippen molar-refractivity contribution in [1.29, 1.82) is 0 Å². The first-order valence-electron chi connectivity index (χ1n) is 5.58. The molecule has 0 radical (unpaired) electrons. The van der Waals surface area contributed by atoms with Crippen molar-refractivity contribution in [2.75, 3.05) is 26.2 Å². The molecule has 1 atom stereocenters. The number of benzene rings is 1. The lowest BCUT2D eigenvalue weighted by Crippen LogP contribution is -2.44. The molecular weight excluding hydrogens is 358 g/mol. The normalized spacial score (nSPS) is 17.5. The van der Waals surface area contributed by atoms with Crippen molar-refractivity contribution in [1.82, 2.24) is 10.2 Å². The number of rotatable bonds is 2. The van der Waals surface area contributed by atoms with Gasteiger partial charge >= 0.3 is 0 Å². The van der Waals surface area contributed by atoms with Crippen molar-refractivity contribution < 1.29 is 0 Å². The predicted octanol–water partition coefficient (Wildman–Crippen LogP) is 3.91. The molecule has 1 aromatic rings. The van der Waals surface area contributed by atoms with Crippen molar-refractivity contribution in [3.05, 3.63) is 33.3 Å². The van der Waals surface area contributed by atoms with E-state index in [0.717, 1.165) is 35.7 Å². The zero-order valence-corrected chi connectivity index (χ0v) is 14.1. The van der Waals surface area contributed by atoms with Crippen molar-refractivity contribution in [3.63, 3.8) is 0 Å². The summed E-state index contributed by atoms with van der Waals surface area (Å²) in [6.45, 7) is 6.64. The molecule has 0 aromatic heterocycles. The molecular formula is C12H18BrCl3N2. The Morgan fingerprint density at radius 2 is 1.89 bits per heavy atom. The molecule has 1 fully saturated rings. The van der Waals surface area contributed by atoms with Crippen molar-refractivity contribution in [2.45, 2.75) is 13.0 Å². The first-order chi connectivity index (χ1) is 7.68. The average molecular weight is 377 g/mol. The van der Waals surface area contributed by atoms with Crippen LogP contribution in [0.2, 0.25) is 5.02 Å². The van der Waals surface area contributed by atoms with E-state index in [0.29, 0.717) is 6.04 Å². The smallest absolute Gasteiger partial charge is 0.0548 e. The van der Waals surface area contributed by atoms with Gasteiger partial charge in [-0.3, -0.25) is 4.90 Å². The maximum Gasteiger partial charge on any atom is 0.0548 e. The highest BCUT2D eigenvalue weighted by atomic mass is 79.9. The first kappa shape index (κ1) is 18.5. The third-order valence-electron chi connectivity index (χ3n) is 3.13. The van der Waals surface area contributed by atoms with E-state index in [-0.39, 0.29) is 24.8 Å². The van der Waals surface area contributed by atoms with Crippen LogP contribution in [0.1, 0.15) is 18.5 Å². The maximum atomic E-state index is 6.00. The van der Waals surface area contributed by atoms with Crippen LogP contribution < -0.4 is 5.32 Å². The quantitative estimate of drug-likeness (QED) is 0.842. The van der Waals surface area contributed by atoms with Crippen LogP contribution in [0.5, 0.6) is 0 Å². The molecule has 0 saturated carbocycles. The Labute approximate surface area is 134 Å². The fraction of sp³-hybridized carbons (Fsp3) is 0.500. The molecule has 1 N–H and O–H groups in total. The molecule has 104 valence electrons.